The molecule has 1 aliphatic carbocycles. The van der Waals surface area contributed by atoms with Crippen molar-refractivity contribution in [2.45, 2.75) is 164 Å². The maximum atomic E-state index is 16.4. The third-order valence-electron chi connectivity index (χ3n) is 15.1. The fourth-order valence-corrected chi connectivity index (χ4v) is 10.0. The second kappa shape index (κ2) is 31.1. The summed E-state index contributed by atoms with van der Waals surface area (Å²) in [6.45, 7) is 18.8. The van der Waals surface area contributed by atoms with Gasteiger partial charge in [0.15, 0.2) is 0 Å². The van der Waals surface area contributed by atoms with E-state index in [4.69, 9.17) is 23.7 Å². The molecule has 0 heterocycles. The third kappa shape index (κ3) is 18.1. The van der Waals surface area contributed by atoms with E-state index in [1.54, 1.807) is 26.8 Å². The summed E-state index contributed by atoms with van der Waals surface area (Å²) in [5, 5.41) is 0. The number of Topliss-reactive ketones (excluding diaryl/α,β-unsaturated/α-hetero) is 2. The molecule has 0 bridgehead atoms. The molecule has 0 saturated heterocycles. The van der Waals surface area contributed by atoms with E-state index in [-0.39, 0.29) is 69.0 Å². The van der Waals surface area contributed by atoms with E-state index in [9.17, 15) is 28.8 Å². The van der Waals surface area contributed by atoms with E-state index in [0.717, 1.165) is 46.6 Å². The average molecular weight is 1090 g/mol. The van der Waals surface area contributed by atoms with Gasteiger partial charge in [-0.25, -0.2) is 28.0 Å². The van der Waals surface area contributed by atoms with Gasteiger partial charge in [0.25, 0.3) is 0 Å². The normalized spacial score (nSPS) is 14.2. The third-order valence-corrected chi connectivity index (χ3v) is 15.1. The minimum absolute atomic E-state index is 0.0523. The second-order valence-electron chi connectivity index (χ2n) is 21.2. The van der Waals surface area contributed by atoms with Gasteiger partial charge in [-0.05, 0) is 171 Å². The van der Waals surface area contributed by atoms with Crippen LogP contribution in [0.3, 0.4) is 0 Å². The summed E-state index contributed by atoms with van der Waals surface area (Å²) in [7, 11) is 0. The molecule has 0 aromatic heterocycles. The summed E-state index contributed by atoms with van der Waals surface area (Å²) in [6.07, 6.45) is 12.6. The number of carbonyl (C=O) groups is 6. The summed E-state index contributed by atoms with van der Waals surface area (Å²) in [5.41, 5.74) is 5.84. The number of rotatable bonds is 32. The second-order valence-corrected chi connectivity index (χ2v) is 21.2. The van der Waals surface area contributed by atoms with Crippen LogP contribution in [0.15, 0.2) is 91.0 Å². The first kappa shape index (κ1) is 63.1. The fourth-order valence-electron chi connectivity index (χ4n) is 10.0. The first-order valence-electron chi connectivity index (χ1n) is 28.4. The van der Waals surface area contributed by atoms with Crippen LogP contribution in [0, 0.1) is 23.0 Å². The Balaban J connectivity index is 1.52. The van der Waals surface area contributed by atoms with Gasteiger partial charge in [-0.15, -0.1) is 0 Å². The molecule has 0 N–H and O–H groups in total. The number of hydrogen-bond donors (Lipinski definition) is 0. The fraction of sp³-hybridized carbons (Fsp3) is 0.485. The molecule has 11 nitrogen and oxygen atoms in total. The van der Waals surface area contributed by atoms with Crippen molar-refractivity contribution in [3.63, 3.8) is 0 Å². The molecular weight excluding hydrogens is 1010 g/mol. The van der Waals surface area contributed by atoms with Gasteiger partial charge >= 0.3 is 23.9 Å². The zero-order valence-electron chi connectivity index (χ0n) is 47.7. The molecule has 4 aromatic rings. The van der Waals surface area contributed by atoms with E-state index in [0.29, 0.717) is 66.9 Å². The predicted octanol–water partition coefficient (Wildman–Crippen LogP) is 14.7. The lowest BCUT2D eigenvalue weighted by atomic mass is 9.77. The Morgan fingerprint density at radius 2 is 1.09 bits per heavy atom. The summed E-state index contributed by atoms with van der Waals surface area (Å²) < 4.78 is 61.4. The maximum absolute atomic E-state index is 16.4. The summed E-state index contributed by atoms with van der Waals surface area (Å²) in [5.74, 6) is -4.24. The number of unbranched alkanes of at least 4 members (excludes halogenated alkanes) is 3. The van der Waals surface area contributed by atoms with Gasteiger partial charge in [0.2, 0.25) is 11.6 Å². The quantitative estimate of drug-likeness (QED) is 0.0151. The Labute approximate surface area is 466 Å². The predicted molar refractivity (Wildman–Crippen MR) is 304 cm³/mol. The van der Waals surface area contributed by atoms with Crippen molar-refractivity contribution in [2.75, 3.05) is 33.0 Å². The lowest BCUT2D eigenvalue weighted by Gasteiger charge is -2.32. The number of esters is 4. The molecule has 4 aromatic carbocycles. The zero-order valence-corrected chi connectivity index (χ0v) is 47.7. The first-order chi connectivity index (χ1) is 37.9. The Hall–Kier alpha value is -6.76. The van der Waals surface area contributed by atoms with E-state index < -0.39 is 52.5 Å². The van der Waals surface area contributed by atoms with Gasteiger partial charge < -0.3 is 23.7 Å². The molecule has 0 unspecified atom stereocenters. The molecule has 0 spiro atoms. The summed E-state index contributed by atoms with van der Waals surface area (Å²) >= 11 is 0. The van der Waals surface area contributed by atoms with Gasteiger partial charge in [0, 0.05) is 24.0 Å². The highest BCUT2D eigenvalue weighted by Gasteiger charge is 2.36. The summed E-state index contributed by atoms with van der Waals surface area (Å²) in [4.78, 5) is 74.7. The van der Waals surface area contributed by atoms with Crippen molar-refractivity contribution in [3.05, 3.63) is 125 Å². The summed E-state index contributed by atoms with van der Waals surface area (Å²) in [6, 6.07) is 20.3. The lowest BCUT2D eigenvalue weighted by molar-refractivity contribution is -0.163. The zero-order chi connectivity index (χ0) is 57.6. The van der Waals surface area contributed by atoms with E-state index in [1.165, 1.54) is 70.1 Å². The van der Waals surface area contributed by atoms with Crippen LogP contribution in [-0.2, 0) is 67.0 Å². The average Bonchev–Trinajstić information content (AvgIpc) is 3.48. The number of hydrogen-bond acceptors (Lipinski definition) is 11. The van der Waals surface area contributed by atoms with Crippen LogP contribution in [0.2, 0.25) is 0 Å². The van der Waals surface area contributed by atoms with Crippen molar-refractivity contribution >= 4 is 35.4 Å². The highest BCUT2D eigenvalue weighted by atomic mass is 19.1. The monoisotopic (exact) mass is 1090 g/mol. The minimum atomic E-state index is -1.22. The molecular formula is C66H82F2O11. The SMILES string of the molecule is C=C(C)C(=O)OCCCCc1cc(-c2ccc(-c3c(F)cc(-c4ccc(C5CCC(CCCCC)CC5)cc4)cc3F)cc2CC)cc(CCCOC(=O)C(=C)C)c1OCC(CC)(COC(=O)C(=O)CC)COC(=O)C(=O)CC. The Morgan fingerprint density at radius 3 is 1.61 bits per heavy atom. The van der Waals surface area contributed by atoms with E-state index >= 15 is 8.78 Å². The van der Waals surface area contributed by atoms with E-state index in [1.807, 2.05) is 43.3 Å². The topological polar surface area (TPSA) is 149 Å². The number of carbonyl (C=O) groups excluding carboxylic acids is 6. The van der Waals surface area contributed by atoms with Crippen LogP contribution >= 0.6 is 0 Å². The van der Waals surface area contributed by atoms with Crippen LogP contribution in [0.4, 0.5) is 8.78 Å². The molecule has 5 rings (SSSR count). The number of aryl methyl sites for hydroxylation is 3. The maximum Gasteiger partial charge on any atom is 0.374 e. The van der Waals surface area contributed by atoms with Crippen LogP contribution < -0.4 is 4.74 Å². The van der Waals surface area contributed by atoms with Crippen LogP contribution in [0.5, 0.6) is 5.75 Å². The van der Waals surface area contributed by atoms with E-state index in [2.05, 4.69) is 32.2 Å². The van der Waals surface area contributed by atoms with Crippen molar-refractivity contribution in [1.29, 1.82) is 0 Å². The van der Waals surface area contributed by atoms with Crippen molar-refractivity contribution < 1.29 is 61.2 Å². The van der Waals surface area contributed by atoms with Gasteiger partial charge in [-0.3, -0.25) is 9.59 Å². The van der Waals surface area contributed by atoms with Crippen molar-refractivity contribution in [3.8, 4) is 39.1 Å². The molecule has 13 heteroatoms. The number of benzene rings is 4. The highest BCUT2D eigenvalue weighted by molar-refractivity contribution is 6.33. The number of halogens is 2. The molecule has 79 heavy (non-hydrogen) atoms. The van der Waals surface area contributed by atoms with Gasteiger partial charge in [0.05, 0.1) is 24.2 Å². The molecule has 1 fully saturated rings. The van der Waals surface area contributed by atoms with Crippen LogP contribution in [-0.4, -0.2) is 68.5 Å². The number of ketones is 2. The molecule has 1 saturated carbocycles. The van der Waals surface area contributed by atoms with Gasteiger partial charge in [-0.1, -0.05) is 116 Å². The van der Waals surface area contributed by atoms with Crippen LogP contribution in [0.1, 0.15) is 167 Å². The molecule has 0 aliphatic heterocycles. The van der Waals surface area contributed by atoms with Crippen molar-refractivity contribution in [2.24, 2.45) is 11.3 Å². The minimum Gasteiger partial charge on any atom is -0.492 e. The molecule has 0 radical (unpaired) electrons. The molecule has 1 aliphatic rings. The van der Waals surface area contributed by atoms with Gasteiger partial charge in [-0.2, -0.15) is 0 Å². The molecule has 0 atom stereocenters. The van der Waals surface area contributed by atoms with Crippen molar-refractivity contribution in [1.82, 2.24) is 0 Å². The number of ether oxygens (including phenoxy) is 5. The largest absolute Gasteiger partial charge is 0.492 e. The Kier molecular flexibility index (Phi) is 24.9. The lowest BCUT2D eigenvalue weighted by Crippen LogP contribution is -2.41. The molecule has 426 valence electrons. The highest BCUT2D eigenvalue weighted by Crippen LogP contribution is 2.41. The standard InChI is InChI=1S/C66H82F2O11/c1-10-15-16-20-45-23-25-47(26-24-45)48-27-29-49(30-28-48)53-38-56(67)60(57(68)39-53)50-31-32-55(46(11-2)35-50)54-36-51(21-17-18-33-75-62(71)43(6)7)61(52(37-54)22-19-34-76-63(72)44(8)9)77-40-66(14-5,41-78-64(73)58(69)12-3)42-79-65(74)59(70)13-4/h27-32,35-39,45,47H,6,8,10-26,33-34,40-42H2,1-5,7,9H3. The first-order valence-corrected chi connectivity index (χ1v) is 28.4. The Bertz CT molecular complexity index is 2730. The van der Waals surface area contributed by atoms with Crippen LogP contribution in [0.25, 0.3) is 33.4 Å². The smallest absolute Gasteiger partial charge is 0.374 e. The molecule has 0 amide bonds. The van der Waals surface area contributed by atoms with Gasteiger partial charge in [0.1, 0.15) is 37.2 Å². The Morgan fingerprint density at radius 1 is 0.557 bits per heavy atom.